The Bertz CT molecular complexity index is 157. The summed E-state index contributed by atoms with van der Waals surface area (Å²) in [5.41, 5.74) is 0. The van der Waals surface area contributed by atoms with Crippen LogP contribution in [-0.4, -0.2) is 5.16 Å². The van der Waals surface area contributed by atoms with E-state index in [1.807, 2.05) is 6.07 Å². The minimum Gasteiger partial charge on any atom is -0.361 e. The van der Waals surface area contributed by atoms with Gasteiger partial charge in [-0.15, -0.1) is 0 Å². The van der Waals surface area contributed by atoms with Gasteiger partial charge in [0.2, 0.25) is 0 Å². The number of aromatic nitrogens is 1. The number of rotatable bonds is 2. The van der Waals surface area contributed by atoms with E-state index in [2.05, 4.69) is 19.0 Å². The molecule has 1 atom stereocenters. The van der Waals surface area contributed by atoms with E-state index in [0.717, 1.165) is 12.2 Å². The quantitative estimate of drug-likeness (QED) is 0.605. The van der Waals surface area contributed by atoms with E-state index in [1.165, 1.54) is 0 Å². The molecule has 0 aliphatic heterocycles. The molecule has 1 aromatic rings. The molecule has 0 amide bonds. The molecule has 0 bridgehead atoms. The number of hydrogen-bond acceptors (Lipinski definition) is 2. The van der Waals surface area contributed by atoms with Crippen LogP contribution in [0, 0.1) is 0 Å². The van der Waals surface area contributed by atoms with Crippen LogP contribution < -0.4 is 0 Å². The largest absolute Gasteiger partial charge is 0.361 e. The molecular weight excluding hydrogens is 114 g/mol. The smallest absolute Gasteiger partial charge is 0.139 e. The Labute approximate surface area is 54.9 Å². The lowest BCUT2D eigenvalue weighted by molar-refractivity contribution is 0.363. The van der Waals surface area contributed by atoms with Crippen molar-refractivity contribution in [2.75, 3.05) is 0 Å². The minimum absolute atomic E-state index is 0.507. The molecule has 0 aromatic carbocycles. The molecule has 0 saturated carbocycles. The normalized spacial score (nSPS) is 13.6. The highest BCUT2D eigenvalue weighted by Gasteiger charge is 2.04. The summed E-state index contributed by atoms with van der Waals surface area (Å²) >= 11 is 0. The Morgan fingerprint density at radius 3 is 3.00 bits per heavy atom. The predicted molar refractivity (Wildman–Crippen MR) is 35.2 cm³/mol. The minimum atomic E-state index is 0.507. The monoisotopic (exact) mass is 125 g/mol. The van der Waals surface area contributed by atoms with E-state index in [1.54, 1.807) is 6.20 Å². The molecule has 1 aromatic heterocycles. The van der Waals surface area contributed by atoms with E-state index >= 15 is 0 Å². The van der Waals surface area contributed by atoms with E-state index < -0.39 is 0 Å². The molecule has 2 nitrogen and oxygen atoms in total. The predicted octanol–water partition coefficient (Wildman–Crippen LogP) is 2.19. The van der Waals surface area contributed by atoms with Crippen molar-refractivity contribution in [3.63, 3.8) is 0 Å². The fourth-order valence-corrected chi connectivity index (χ4v) is 0.681. The topological polar surface area (TPSA) is 26.0 Å². The van der Waals surface area contributed by atoms with E-state index in [4.69, 9.17) is 4.52 Å². The van der Waals surface area contributed by atoms with Crippen molar-refractivity contribution in [2.45, 2.75) is 26.2 Å². The summed E-state index contributed by atoms with van der Waals surface area (Å²) in [7, 11) is 0. The van der Waals surface area contributed by atoms with Gasteiger partial charge in [-0.25, -0.2) is 0 Å². The second kappa shape index (κ2) is 2.67. The van der Waals surface area contributed by atoms with Crippen molar-refractivity contribution in [3.8, 4) is 0 Å². The van der Waals surface area contributed by atoms with Crippen molar-refractivity contribution in [2.24, 2.45) is 0 Å². The number of nitrogens with zero attached hydrogens (tertiary/aromatic N) is 1. The van der Waals surface area contributed by atoms with Gasteiger partial charge in [-0.2, -0.15) is 0 Å². The summed E-state index contributed by atoms with van der Waals surface area (Å²) < 4.78 is 4.94. The fraction of sp³-hybridized carbons (Fsp3) is 0.571. The summed E-state index contributed by atoms with van der Waals surface area (Å²) in [6.07, 6.45) is 2.79. The van der Waals surface area contributed by atoms with Gasteiger partial charge in [0.1, 0.15) is 5.76 Å². The second-order valence-corrected chi connectivity index (χ2v) is 2.22. The van der Waals surface area contributed by atoms with Crippen molar-refractivity contribution >= 4 is 0 Å². The molecule has 0 fully saturated rings. The SMILES string of the molecule is CCC(C)c1ccno1. The zero-order chi connectivity index (χ0) is 6.69. The van der Waals surface area contributed by atoms with Crippen LogP contribution in [0.15, 0.2) is 16.8 Å². The van der Waals surface area contributed by atoms with Gasteiger partial charge in [-0.3, -0.25) is 0 Å². The maximum absolute atomic E-state index is 4.94. The first kappa shape index (κ1) is 6.33. The summed E-state index contributed by atoms with van der Waals surface area (Å²) in [6, 6.07) is 1.91. The molecule has 1 unspecified atom stereocenters. The van der Waals surface area contributed by atoms with Crippen molar-refractivity contribution in [3.05, 3.63) is 18.0 Å². The van der Waals surface area contributed by atoms with Crippen LogP contribution in [0.1, 0.15) is 31.9 Å². The Morgan fingerprint density at radius 1 is 1.78 bits per heavy atom. The Balaban J connectivity index is 2.65. The van der Waals surface area contributed by atoms with Gasteiger partial charge in [0.05, 0.1) is 6.20 Å². The molecule has 9 heavy (non-hydrogen) atoms. The molecule has 1 rings (SSSR count). The maximum atomic E-state index is 4.94. The molecule has 0 aliphatic rings. The van der Waals surface area contributed by atoms with Crippen LogP contribution >= 0.6 is 0 Å². The fourth-order valence-electron chi connectivity index (χ4n) is 0.681. The lowest BCUT2D eigenvalue weighted by atomic mass is 10.1. The third kappa shape index (κ3) is 1.31. The molecule has 50 valence electrons. The highest BCUT2D eigenvalue weighted by atomic mass is 16.5. The Morgan fingerprint density at radius 2 is 2.56 bits per heavy atom. The number of hydrogen-bond donors (Lipinski definition) is 0. The summed E-state index contributed by atoms with van der Waals surface area (Å²) in [6.45, 7) is 4.26. The third-order valence-electron chi connectivity index (χ3n) is 1.56. The summed E-state index contributed by atoms with van der Waals surface area (Å²) in [5, 5.41) is 3.62. The summed E-state index contributed by atoms with van der Waals surface area (Å²) in [4.78, 5) is 0. The molecule has 0 spiro atoms. The van der Waals surface area contributed by atoms with Crippen molar-refractivity contribution < 1.29 is 4.52 Å². The van der Waals surface area contributed by atoms with Gasteiger partial charge in [0.25, 0.3) is 0 Å². The zero-order valence-electron chi connectivity index (χ0n) is 5.79. The summed E-state index contributed by atoms with van der Waals surface area (Å²) in [5.74, 6) is 1.49. The lowest BCUT2D eigenvalue weighted by Crippen LogP contribution is -1.86. The van der Waals surface area contributed by atoms with Crippen LogP contribution in [0.3, 0.4) is 0 Å². The van der Waals surface area contributed by atoms with Crippen LogP contribution in [0.25, 0.3) is 0 Å². The van der Waals surface area contributed by atoms with Crippen molar-refractivity contribution in [1.82, 2.24) is 5.16 Å². The standard InChI is InChI=1S/C7H11NO/c1-3-6(2)7-4-5-8-9-7/h4-6H,3H2,1-2H3. The van der Waals surface area contributed by atoms with Gasteiger partial charge < -0.3 is 4.52 Å². The zero-order valence-corrected chi connectivity index (χ0v) is 5.79. The van der Waals surface area contributed by atoms with E-state index in [-0.39, 0.29) is 0 Å². The first-order valence-corrected chi connectivity index (χ1v) is 3.25. The van der Waals surface area contributed by atoms with Gasteiger partial charge in [0.15, 0.2) is 0 Å². The average Bonchev–Trinajstić information content (AvgIpc) is 2.37. The van der Waals surface area contributed by atoms with Gasteiger partial charge >= 0.3 is 0 Å². The molecular formula is C7H11NO. The van der Waals surface area contributed by atoms with Crippen LogP contribution in [0.2, 0.25) is 0 Å². The highest BCUT2D eigenvalue weighted by molar-refractivity contribution is 4.98. The van der Waals surface area contributed by atoms with Gasteiger partial charge in [0, 0.05) is 12.0 Å². The molecule has 0 radical (unpaired) electrons. The van der Waals surface area contributed by atoms with E-state index in [0.29, 0.717) is 5.92 Å². The van der Waals surface area contributed by atoms with Gasteiger partial charge in [-0.1, -0.05) is 19.0 Å². The molecule has 0 aliphatic carbocycles. The molecule has 1 heterocycles. The van der Waals surface area contributed by atoms with Crippen molar-refractivity contribution in [1.29, 1.82) is 0 Å². The average molecular weight is 125 g/mol. The molecule has 0 N–H and O–H groups in total. The maximum Gasteiger partial charge on any atom is 0.139 e. The third-order valence-corrected chi connectivity index (χ3v) is 1.56. The Hall–Kier alpha value is -0.790. The first-order chi connectivity index (χ1) is 4.34. The lowest BCUT2D eigenvalue weighted by Gasteiger charge is -1.99. The van der Waals surface area contributed by atoms with E-state index in [9.17, 15) is 0 Å². The second-order valence-electron chi connectivity index (χ2n) is 2.22. The molecule has 0 saturated heterocycles. The van der Waals surface area contributed by atoms with Crippen LogP contribution in [-0.2, 0) is 0 Å². The van der Waals surface area contributed by atoms with Gasteiger partial charge in [-0.05, 0) is 6.42 Å². The van der Waals surface area contributed by atoms with Crippen LogP contribution in [0.5, 0.6) is 0 Å². The first-order valence-electron chi connectivity index (χ1n) is 3.25. The molecule has 2 heteroatoms. The highest BCUT2D eigenvalue weighted by Crippen LogP contribution is 2.16. The van der Waals surface area contributed by atoms with Crippen LogP contribution in [0.4, 0.5) is 0 Å². The Kier molecular flexibility index (Phi) is 1.88.